The highest BCUT2D eigenvalue weighted by molar-refractivity contribution is 5.28. The van der Waals surface area contributed by atoms with E-state index in [2.05, 4.69) is 43.4 Å². The van der Waals surface area contributed by atoms with Crippen molar-refractivity contribution in [1.82, 2.24) is 5.32 Å². The van der Waals surface area contributed by atoms with Gasteiger partial charge in [0.1, 0.15) is 0 Å². The Kier molecular flexibility index (Phi) is 5.25. The molecule has 1 aliphatic rings. The van der Waals surface area contributed by atoms with Crippen molar-refractivity contribution in [2.45, 2.75) is 58.4 Å². The molecule has 0 aromatic heterocycles. The molecule has 2 rings (SSSR count). The van der Waals surface area contributed by atoms with Crippen molar-refractivity contribution in [2.75, 3.05) is 6.54 Å². The molecule has 18 heavy (non-hydrogen) atoms. The van der Waals surface area contributed by atoms with Gasteiger partial charge in [-0.2, -0.15) is 0 Å². The van der Waals surface area contributed by atoms with Crippen LogP contribution in [0.4, 0.5) is 0 Å². The standard InChI is InChI=1S/C17H27N/c1-3-18-17(13-12-15-9-5-6-10-15)16-11-7-4-8-14(16)2/h4,7-8,11,15,17-18H,3,5-6,9-10,12-13H2,1-2H3. The summed E-state index contributed by atoms with van der Waals surface area (Å²) in [5.41, 5.74) is 2.92. The smallest absolute Gasteiger partial charge is 0.0322 e. The summed E-state index contributed by atoms with van der Waals surface area (Å²) in [4.78, 5) is 0. The SMILES string of the molecule is CCNC(CCC1CCCC1)c1ccccc1C. The Hall–Kier alpha value is -0.820. The molecular formula is C17H27N. The summed E-state index contributed by atoms with van der Waals surface area (Å²) >= 11 is 0. The summed E-state index contributed by atoms with van der Waals surface area (Å²) in [5, 5.41) is 3.66. The lowest BCUT2D eigenvalue weighted by Gasteiger charge is -2.22. The van der Waals surface area contributed by atoms with Crippen molar-refractivity contribution >= 4 is 0 Å². The van der Waals surface area contributed by atoms with E-state index in [-0.39, 0.29) is 0 Å². The molecule has 0 heterocycles. The maximum absolute atomic E-state index is 3.66. The number of nitrogens with one attached hydrogen (secondary N) is 1. The molecule has 0 saturated heterocycles. The van der Waals surface area contributed by atoms with E-state index < -0.39 is 0 Å². The third kappa shape index (κ3) is 3.58. The van der Waals surface area contributed by atoms with Crippen molar-refractivity contribution in [1.29, 1.82) is 0 Å². The second-order valence-corrected chi connectivity index (χ2v) is 5.69. The summed E-state index contributed by atoms with van der Waals surface area (Å²) in [6, 6.07) is 9.38. The van der Waals surface area contributed by atoms with Gasteiger partial charge in [-0.3, -0.25) is 0 Å². The third-order valence-corrected chi connectivity index (χ3v) is 4.35. The first-order valence-electron chi connectivity index (χ1n) is 7.60. The fourth-order valence-electron chi connectivity index (χ4n) is 3.29. The molecule has 0 amide bonds. The zero-order chi connectivity index (χ0) is 12.8. The Labute approximate surface area is 112 Å². The predicted octanol–water partition coefficient (Wildman–Crippen LogP) is 4.62. The first-order valence-corrected chi connectivity index (χ1v) is 7.60. The molecular weight excluding hydrogens is 218 g/mol. The van der Waals surface area contributed by atoms with E-state index in [9.17, 15) is 0 Å². The minimum absolute atomic E-state index is 0.553. The summed E-state index contributed by atoms with van der Waals surface area (Å²) in [7, 11) is 0. The molecule has 1 heteroatoms. The normalized spacial score (nSPS) is 18.1. The van der Waals surface area contributed by atoms with Crippen molar-refractivity contribution in [3.8, 4) is 0 Å². The van der Waals surface area contributed by atoms with Gasteiger partial charge in [0.15, 0.2) is 0 Å². The molecule has 1 atom stereocenters. The third-order valence-electron chi connectivity index (χ3n) is 4.35. The van der Waals surface area contributed by atoms with Gasteiger partial charge in [0.25, 0.3) is 0 Å². The van der Waals surface area contributed by atoms with Crippen molar-refractivity contribution in [3.63, 3.8) is 0 Å². The van der Waals surface area contributed by atoms with E-state index in [4.69, 9.17) is 0 Å². The lowest BCUT2D eigenvalue weighted by Crippen LogP contribution is -2.22. The van der Waals surface area contributed by atoms with Gasteiger partial charge in [-0.15, -0.1) is 0 Å². The Balaban J connectivity index is 1.96. The van der Waals surface area contributed by atoms with Crippen LogP contribution in [0, 0.1) is 12.8 Å². The molecule has 0 bridgehead atoms. The Morgan fingerprint density at radius 1 is 1.22 bits per heavy atom. The minimum atomic E-state index is 0.553. The Bertz CT molecular complexity index is 352. The van der Waals surface area contributed by atoms with Gasteiger partial charge in [-0.05, 0) is 43.4 Å². The van der Waals surface area contributed by atoms with Crippen LogP contribution < -0.4 is 5.32 Å². The van der Waals surface area contributed by atoms with Crippen LogP contribution >= 0.6 is 0 Å². The minimum Gasteiger partial charge on any atom is -0.310 e. The number of hydrogen-bond acceptors (Lipinski definition) is 1. The highest BCUT2D eigenvalue weighted by Crippen LogP contribution is 2.32. The molecule has 1 aromatic carbocycles. The average Bonchev–Trinajstić information content (AvgIpc) is 2.88. The van der Waals surface area contributed by atoms with E-state index in [1.807, 2.05) is 0 Å². The van der Waals surface area contributed by atoms with Crippen LogP contribution in [-0.4, -0.2) is 6.54 Å². The molecule has 0 spiro atoms. The fraction of sp³-hybridized carbons (Fsp3) is 0.647. The average molecular weight is 245 g/mol. The van der Waals surface area contributed by atoms with Crippen molar-refractivity contribution in [3.05, 3.63) is 35.4 Å². The number of benzene rings is 1. The molecule has 1 fully saturated rings. The van der Waals surface area contributed by atoms with Crippen LogP contribution in [-0.2, 0) is 0 Å². The molecule has 1 aromatic rings. The van der Waals surface area contributed by atoms with Gasteiger partial charge < -0.3 is 5.32 Å². The zero-order valence-corrected chi connectivity index (χ0v) is 11.9. The molecule has 1 nitrogen and oxygen atoms in total. The molecule has 1 aliphatic carbocycles. The number of aryl methyl sites for hydroxylation is 1. The largest absolute Gasteiger partial charge is 0.310 e. The lowest BCUT2D eigenvalue weighted by molar-refractivity contribution is 0.416. The van der Waals surface area contributed by atoms with Crippen LogP contribution in [0.1, 0.15) is 62.6 Å². The second kappa shape index (κ2) is 6.94. The number of rotatable bonds is 6. The fourth-order valence-corrected chi connectivity index (χ4v) is 3.29. The van der Waals surface area contributed by atoms with Crippen LogP contribution in [0.25, 0.3) is 0 Å². The summed E-state index contributed by atoms with van der Waals surface area (Å²) in [5.74, 6) is 0.996. The molecule has 0 radical (unpaired) electrons. The van der Waals surface area contributed by atoms with E-state index >= 15 is 0 Å². The van der Waals surface area contributed by atoms with E-state index in [0.29, 0.717) is 6.04 Å². The van der Waals surface area contributed by atoms with Gasteiger partial charge in [-0.25, -0.2) is 0 Å². The number of hydrogen-bond donors (Lipinski definition) is 1. The Morgan fingerprint density at radius 3 is 2.61 bits per heavy atom. The topological polar surface area (TPSA) is 12.0 Å². The maximum Gasteiger partial charge on any atom is 0.0322 e. The highest BCUT2D eigenvalue weighted by Gasteiger charge is 2.18. The first kappa shape index (κ1) is 13.6. The van der Waals surface area contributed by atoms with Crippen LogP contribution in [0.2, 0.25) is 0 Å². The van der Waals surface area contributed by atoms with E-state index in [0.717, 1.165) is 12.5 Å². The lowest BCUT2D eigenvalue weighted by atomic mass is 9.92. The van der Waals surface area contributed by atoms with Crippen molar-refractivity contribution < 1.29 is 0 Å². The second-order valence-electron chi connectivity index (χ2n) is 5.69. The summed E-state index contributed by atoms with van der Waals surface area (Å²) in [6.45, 7) is 5.50. The predicted molar refractivity (Wildman–Crippen MR) is 78.8 cm³/mol. The monoisotopic (exact) mass is 245 g/mol. The van der Waals surface area contributed by atoms with Crippen LogP contribution in [0.3, 0.4) is 0 Å². The van der Waals surface area contributed by atoms with Gasteiger partial charge in [0.05, 0.1) is 0 Å². The molecule has 0 aliphatic heterocycles. The molecule has 100 valence electrons. The molecule has 1 saturated carbocycles. The van der Waals surface area contributed by atoms with E-state index in [1.165, 1.54) is 49.7 Å². The zero-order valence-electron chi connectivity index (χ0n) is 11.9. The van der Waals surface area contributed by atoms with Crippen molar-refractivity contribution in [2.24, 2.45) is 5.92 Å². The van der Waals surface area contributed by atoms with Crippen LogP contribution in [0.15, 0.2) is 24.3 Å². The summed E-state index contributed by atoms with van der Waals surface area (Å²) in [6.07, 6.45) is 8.54. The Morgan fingerprint density at radius 2 is 1.94 bits per heavy atom. The first-order chi connectivity index (χ1) is 8.81. The van der Waals surface area contributed by atoms with Gasteiger partial charge in [-0.1, -0.05) is 56.9 Å². The van der Waals surface area contributed by atoms with E-state index in [1.54, 1.807) is 0 Å². The molecule has 1 unspecified atom stereocenters. The van der Waals surface area contributed by atoms with Crippen LogP contribution in [0.5, 0.6) is 0 Å². The van der Waals surface area contributed by atoms with Gasteiger partial charge in [0, 0.05) is 6.04 Å². The quantitative estimate of drug-likeness (QED) is 0.771. The highest BCUT2D eigenvalue weighted by atomic mass is 14.9. The maximum atomic E-state index is 3.66. The van der Waals surface area contributed by atoms with Gasteiger partial charge in [0.2, 0.25) is 0 Å². The van der Waals surface area contributed by atoms with Gasteiger partial charge >= 0.3 is 0 Å². The molecule has 1 N–H and O–H groups in total. The summed E-state index contributed by atoms with van der Waals surface area (Å²) < 4.78 is 0.